The second-order valence-electron chi connectivity index (χ2n) is 7.19. The van der Waals surface area contributed by atoms with E-state index in [1.54, 1.807) is 0 Å². The molecule has 0 radical (unpaired) electrons. The summed E-state index contributed by atoms with van der Waals surface area (Å²) in [5.41, 5.74) is -2.44. The molecule has 0 bridgehead atoms. The van der Waals surface area contributed by atoms with Crippen molar-refractivity contribution in [2.24, 2.45) is 0 Å². The molecule has 0 aliphatic heterocycles. The van der Waals surface area contributed by atoms with E-state index in [4.69, 9.17) is 0 Å². The van der Waals surface area contributed by atoms with Gasteiger partial charge >= 0.3 is 12.4 Å². The van der Waals surface area contributed by atoms with Crippen molar-refractivity contribution in [1.29, 1.82) is 0 Å². The van der Waals surface area contributed by atoms with E-state index in [0.29, 0.717) is 12.1 Å². The van der Waals surface area contributed by atoms with Crippen LogP contribution in [0, 0.1) is 0 Å². The molecule has 192 valence electrons. The molecular formula is C20H22F6O6S2. The average molecular weight is 537 g/mol. The zero-order valence-corrected chi connectivity index (χ0v) is 19.9. The largest absolute Gasteiger partial charge is 0.417 e. The van der Waals surface area contributed by atoms with E-state index >= 15 is 0 Å². The van der Waals surface area contributed by atoms with E-state index in [1.165, 1.54) is 39.8 Å². The summed E-state index contributed by atoms with van der Waals surface area (Å²) < 4.78 is 131. The molecule has 0 heterocycles. The van der Waals surface area contributed by atoms with Crippen molar-refractivity contribution in [2.75, 3.05) is 0 Å². The van der Waals surface area contributed by atoms with Gasteiger partial charge < -0.3 is 0 Å². The topological polar surface area (TPSA) is 86.7 Å². The fourth-order valence-electron chi connectivity index (χ4n) is 2.45. The Morgan fingerprint density at radius 1 is 0.588 bits per heavy atom. The van der Waals surface area contributed by atoms with Gasteiger partial charge in [-0.15, -0.1) is 0 Å². The summed E-state index contributed by atoms with van der Waals surface area (Å²) in [6.07, 6.45) is -10.9. The molecule has 6 nitrogen and oxygen atoms in total. The standard InChI is InChI=1S/2C10H11F3O3S/c2*1-7(2)16-17(14,15)9-6-4-3-5-8(9)10(11,12)13/h2*3-7H,1-2H3. The molecule has 0 saturated carbocycles. The van der Waals surface area contributed by atoms with E-state index in [0.717, 1.165) is 24.3 Å². The lowest BCUT2D eigenvalue weighted by molar-refractivity contribution is -0.140. The molecular weight excluding hydrogens is 514 g/mol. The van der Waals surface area contributed by atoms with Crippen molar-refractivity contribution in [2.45, 2.75) is 62.0 Å². The molecule has 0 amide bonds. The number of rotatable bonds is 6. The smallest absolute Gasteiger partial charge is 0.264 e. The first-order chi connectivity index (χ1) is 15.3. The van der Waals surface area contributed by atoms with Gasteiger partial charge in [-0.25, -0.2) is 0 Å². The number of benzene rings is 2. The van der Waals surface area contributed by atoms with Crippen molar-refractivity contribution in [3.05, 3.63) is 59.7 Å². The Morgan fingerprint density at radius 3 is 1.09 bits per heavy atom. The van der Waals surface area contributed by atoms with Crippen LogP contribution in [0.1, 0.15) is 38.8 Å². The summed E-state index contributed by atoms with van der Waals surface area (Å²) >= 11 is 0. The summed E-state index contributed by atoms with van der Waals surface area (Å²) in [6.45, 7) is 5.70. The van der Waals surface area contributed by atoms with Crippen molar-refractivity contribution in [1.82, 2.24) is 0 Å². The van der Waals surface area contributed by atoms with Gasteiger partial charge in [-0.1, -0.05) is 24.3 Å². The SMILES string of the molecule is CC(C)OS(=O)(=O)c1ccccc1C(F)(F)F.CC(C)OS(=O)(=O)c1ccccc1C(F)(F)F. The average Bonchev–Trinajstić information content (AvgIpc) is 2.65. The van der Waals surface area contributed by atoms with Gasteiger partial charge in [-0.3, -0.25) is 8.37 Å². The molecule has 14 heteroatoms. The third-order valence-electron chi connectivity index (χ3n) is 3.56. The van der Waals surface area contributed by atoms with Gasteiger partial charge in [-0.2, -0.15) is 43.2 Å². The van der Waals surface area contributed by atoms with Gasteiger partial charge in [0.25, 0.3) is 20.2 Å². The highest BCUT2D eigenvalue weighted by Crippen LogP contribution is 2.35. The second kappa shape index (κ2) is 11.1. The number of alkyl halides is 6. The third-order valence-corrected chi connectivity index (χ3v) is 6.63. The molecule has 2 aromatic carbocycles. The van der Waals surface area contributed by atoms with Crippen LogP contribution in [-0.2, 0) is 41.0 Å². The zero-order valence-electron chi connectivity index (χ0n) is 18.3. The first kappa shape index (κ1) is 29.9. The minimum Gasteiger partial charge on any atom is -0.264 e. The van der Waals surface area contributed by atoms with Crippen molar-refractivity contribution in [3.63, 3.8) is 0 Å². The fourth-order valence-corrected chi connectivity index (χ4v) is 5.07. The number of hydrogen-bond acceptors (Lipinski definition) is 6. The van der Waals surface area contributed by atoms with Crippen LogP contribution < -0.4 is 0 Å². The first-order valence-corrected chi connectivity index (χ1v) is 12.3. The van der Waals surface area contributed by atoms with E-state index in [9.17, 15) is 43.2 Å². The highest BCUT2D eigenvalue weighted by molar-refractivity contribution is 7.87. The molecule has 34 heavy (non-hydrogen) atoms. The zero-order chi connectivity index (χ0) is 26.5. The van der Waals surface area contributed by atoms with Gasteiger partial charge in [-0.05, 0) is 52.0 Å². The molecule has 0 aromatic heterocycles. The number of hydrogen-bond donors (Lipinski definition) is 0. The van der Waals surface area contributed by atoms with Crippen LogP contribution in [0.2, 0.25) is 0 Å². The third kappa shape index (κ3) is 8.56. The van der Waals surface area contributed by atoms with Crippen LogP contribution >= 0.6 is 0 Å². The predicted molar refractivity (Wildman–Crippen MR) is 110 cm³/mol. The normalized spacial score (nSPS) is 13.1. The van der Waals surface area contributed by atoms with Crippen LogP contribution in [0.3, 0.4) is 0 Å². The van der Waals surface area contributed by atoms with Gasteiger partial charge in [0.2, 0.25) is 0 Å². The van der Waals surface area contributed by atoms with Gasteiger partial charge in [0.15, 0.2) is 0 Å². The maximum atomic E-state index is 12.6. The molecule has 0 saturated heterocycles. The minimum absolute atomic E-state index is 0.705. The summed E-state index contributed by atoms with van der Waals surface area (Å²) in [5, 5.41) is 0. The Kier molecular flexibility index (Phi) is 9.71. The van der Waals surface area contributed by atoms with Crippen molar-refractivity contribution in [3.8, 4) is 0 Å². The van der Waals surface area contributed by atoms with Gasteiger partial charge in [0.1, 0.15) is 9.79 Å². The summed E-state index contributed by atoms with van der Waals surface area (Å²) in [7, 11) is -8.79. The Bertz CT molecular complexity index is 1080. The molecule has 2 rings (SSSR count). The first-order valence-electron chi connectivity index (χ1n) is 9.48. The van der Waals surface area contributed by atoms with E-state index in [-0.39, 0.29) is 0 Å². The molecule has 0 atom stereocenters. The maximum absolute atomic E-state index is 12.6. The summed E-state index contributed by atoms with van der Waals surface area (Å²) in [5.74, 6) is 0. The van der Waals surface area contributed by atoms with E-state index in [1.807, 2.05) is 0 Å². The van der Waals surface area contributed by atoms with Gasteiger partial charge in [0.05, 0.1) is 23.3 Å². The van der Waals surface area contributed by atoms with Crippen LogP contribution in [0.25, 0.3) is 0 Å². The fraction of sp³-hybridized carbons (Fsp3) is 0.400. The Morgan fingerprint density at radius 2 is 0.853 bits per heavy atom. The Labute approximate surface area is 193 Å². The molecule has 0 aliphatic carbocycles. The monoisotopic (exact) mass is 536 g/mol. The quantitative estimate of drug-likeness (QED) is 0.351. The van der Waals surface area contributed by atoms with Crippen molar-refractivity contribution >= 4 is 20.2 Å². The molecule has 0 fully saturated rings. The van der Waals surface area contributed by atoms with Crippen LogP contribution in [0.5, 0.6) is 0 Å². The molecule has 2 aromatic rings. The van der Waals surface area contributed by atoms with Crippen molar-refractivity contribution < 1.29 is 51.5 Å². The Hall–Kier alpha value is -2.16. The van der Waals surface area contributed by atoms with E-state index in [2.05, 4.69) is 8.37 Å². The highest BCUT2D eigenvalue weighted by Gasteiger charge is 2.38. The van der Waals surface area contributed by atoms with E-state index < -0.39 is 65.7 Å². The summed E-state index contributed by atoms with van der Waals surface area (Å²) in [6, 6.07) is 7.83. The van der Waals surface area contributed by atoms with Gasteiger partial charge in [0, 0.05) is 0 Å². The molecule has 0 spiro atoms. The maximum Gasteiger partial charge on any atom is 0.417 e. The highest BCUT2D eigenvalue weighted by atomic mass is 32.2. The lowest BCUT2D eigenvalue weighted by Crippen LogP contribution is -2.17. The number of halogens is 6. The summed E-state index contributed by atoms with van der Waals surface area (Å²) in [4.78, 5) is -1.72. The molecule has 0 aliphatic rings. The minimum atomic E-state index is -4.73. The molecule has 0 N–H and O–H groups in total. The van der Waals surface area contributed by atoms with Crippen LogP contribution in [0.15, 0.2) is 58.3 Å². The second-order valence-corrected chi connectivity index (χ2v) is 10.3. The lowest BCUT2D eigenvalue weighted by atomic mass is 10.2. The van der Waals surface area contributed by atoms with Crippen LogP contribution in [-0.4, -0.2) is 29.0 Å². The molecule has 0 unspecified atom stereocenters. The predicted octanol–water partition coefficient (Wildman–Crippen LogP) is 5.64. The lowest BCUT2D eigenvalue weighted by Gasteiger charge is -2.14. The van der Waals surface area contributed by atoms with Crippen LogP contribution in [0.4, 0.5) is 26.3 Å². The Balaban J connectivity index is 0.000000340.